The Labute approximate surface area is 173 Å². The van der Waals surface area contributed by atoms with Gasteiger partial charge in [-0.05, 0) is 60.2 Å². The monoisotopic (exact) mass is 421 g/mol. The van der Waals surface area contributed by atoms with Crippen LogP contribution in [0.1, 0.15) is 52.5 Å². The molecule has 4 nitrogen and oxygen atoms in total. The lowest BCUT2D eigenvalue weighted by molar-refractivity contribution is -0.119. The molecule has 6 heteroatoms. The molecule has 0 saturated carbocycles. The summed E-state index contributed by atoms with van der Waals surface area (Å²) in [6.07, 6.45) is 3.19. The van der Waals surface area contributed by atoms with Crippen molar-refractivity contribution in [3.63, 3.8) is 0 Å². The van der Waals surface area contributed by atoms with Gasteiger partial charge in [0.1, 0.15) is 0 Å². The summed E-state index contributed by atoms with van der Waals surface area (Å²) in [5, 5.41) is 0.437. The number of hydrogen-bond donors (Lipinski definition) is 0. The third-order valence-electron chi connectivity index (χ3n) is 4.25. The Balaban J connectivity index is 2.47. The lowest BCUT2D eigenvalue weighted by atomic mass is 9.92. The van der Waals surface area contributed by atoms with Crippen LogP contribution in [0.5, 0.6) is 0 Å². The smallest absolute Gasteiger partial charge is 0.270 e. The molecule has 0 fully saturated rings. The van der Waals surface area contributed by atoms with Gasteiger partial charge in [-0.2, -0.15) is 0 Å². The van der Waals surface area contributed by atoms with E-state index in [0.717, 1.165) is 29.1 Å². The Kier molecular flexibility index (Phi) is 7.29. The zero-order valence-corrected chi connectivity index (χ0v) is 18.5. The Morgan fingerprint density at radius 1 is 1.00 bits per heavy atom. The quantitative estimate of drug-likeness (QED) is 0.564. The highest BCUT2D eigenvalue weighted by Crippen LogP contribution is 2.29. The first-order valence-electron chi connectivity index (χ1n) is 9.47. The molecule has 0 aliphatic heterocycles. The molecular weight excluding hydrogens is 394 g/mol. The van der Waals surface area contributed by atoms with Crippen LogP contribution in [-0.4, -0.2) is 14.3 Å². The lowest BCUT2D eigenvalue weighted by Crippen LogP contribution is -2.38. The number of hydrogen-bond acceptors (Lipinski definition) is 3. The van der Waals surface area contributed by atoms with E-state index in [-0.39, 0.29) is 16.7 Å². The number of nitrogens with zero attached hydrogens (tertiary/aromatic N) is 1. The van der Waals surface area contributed by atoms with E-state index < -0.39 is 15.9 Å². The average Bonchev–Trinajstić information content (AvgIpc) is 2.60. The zero-order chi connectivity index (χ0) is 20.9. The van der Waals surface area contributed by atoms with E-state index in [1.54, 1.807) is 12.1 Å². The maximum atomic E-state index is 13.3. The first-order valence-corrected chi connectivity index (χ1v) is 11.3. The summed E-state index contributed by atoms with van der Waals surface area (Å²) in [5.41, 5.74) is 1.13. The van der Waals surface area contributed by atoms with Gasteiger partial charge in [-0.25, -0.2) is 12.7 Å². The predicted molar refractivity (Wildman–Crippen MR) is 115 cm³/mol. The van der Waals surface area contributed by atoms with E-state index in [4.69, 9.17) is 11.6 Å². The van der Waals surface area contributed by atoms with Crippen molar-refractivity contribution in [3.05, 3.63) is 59.1 Å². The predicted octanol–water partition coefficient (Wildman–Crippen LogP) is 5.84. The van der Waals surface area contributed by atoms with Crippen LogP contribution in [0, 0.1) is 5.41 Å². The number of amides is 1. The van der Waals surface area contributed by atoms with Gasteiger partial charge in [0.2, 0.25) is 5.91 Å². The van der Waals surface area contributed by atoms with Gasteiger partial charge < -0.3 is 0 Å². The minimum Gasteiger partial charge on any atom is -0.273 e. The SMILES string of the molecule is CCCCc1ccc(N(C(=O)CC(C)(C)C)S(=O)(=O)c2ccc(Cl)cc2)cc1. The number of anilines is 1. The van der Waals surface area contributed by atoms with Crippen LogP contribution in [0.4, 0.5) is 5.69 Å². The highest BCUT2D eigenvalue weighted by molar-refractivity contribution is 7.93. The van der Waals surface area contributed by atoms with Gasteiger partial charge in [0.15, 0.2) is 0 Å². The van der Waals surface area contributed by atoms with E-state index in [2.05, 4.69) is 6.92 Å². The first-order chi connectivity index (χ1) is 13.0. The molecule has 0 heterocycles. The van der Waals surface area contributed by atoms with Gasteiger partial charge in [0.25, 0.3) is 10.0 Å². The molecule has 0 aromatic heterocycles. The third kappa shape index (κ3) is 5.82. The summed E-state index contributed by atoms with van der Waals surface area (Å²) < 4.78 is 27.5. The van der Waals surface area contributed by atoms with Crippen molar-refractivity contribution in [3.8, 4) is 0 Å². The molecule has 0 unspecified atom stereocenters. The fourth-order valence-electron chi connectivity index (χ4n) is 2.83. The van der Waals surface area contributed by atoms with Gasteiger partial charge in [-0.3, -0.25) is 4.79 Å². The molecule has 152 valence electrons. The molecule has 0 atom stereocenters. The van der Waals surface area contributed by atoms with Gasteiger partial charge >= 0.3 is 0 Å². The number of unbranched alkanes of at least 4 members (excludes halogenated alkanes) is 1. The second kappa shape index (κ2) is 9.10. The van der Waals surface area contributed by atoms with Crippen molar-refractivity contribution in [1.82, 2.24) is 0 Å². The number of halogens is 1. The van der Waals surface area contributed by atoms with Crippen molar-refractivity contribution in [2.24, 2.45) is 5.41 Å². The van der Waals surface area contributed by atoms with Crippen LogP contribution in [0.25, 0.3) is 0 Å². The van der Waals surface area contributed by atoms with Crippen LogP contribution < -0.4 is 4.31 Å². The first kappa shape index (κ1) is 22.4. The van der Waals surface area contributed by atoms with Crippen molar-refractivity contribution in [2.45, 2.75) is 58.3 Å². The van der Waals surface area contributed by atoms with E-state index >= 15 is 0 Å². The number of aryl methyl sites for hydroxylation is 1. The second-order valence-corrected chi connectivity index (χ2v) is 10.3. The lowest BCUT2D eigenvalue weighted by Gasteiger charge is -2.26. The van der Waals surface area contributed by atoms with Gasteiger partial charge in [-0.15, -0.1) is 0 Å². The summed E-state index contributed by atoms with van der Waals surface area (Å²) in [4.78, 5) is 13.1. The Bertz CT molecular complexity index is 898. The van der Waals surface area contributed by atoms with E-state index in [9.17, 15) is 13.2 Å². The molecule has 1 amide bonds. The second-order valence-electron chi connectivity index (χ2n) is 8.12. The number of benzene rings is 2. The van der Waals surface area contributed by atoms with Crippen molar-refractivity contribution in [1.29, 1.82) is 0 Å². The Hall–Kier alpha value is -1.85. The summed E-state index contributed by atoms with van der Waals surface area (Å²) in [6, 6.07) is 13.1. The number of rotatable bonds is 7. The van der Waals surface area contributed by atoms with Crippen molar-refractivity contribution < 1.29 is 13.2 Å². The van der Waals surface area contributed by atoms with Crippen molar-refractivity contribution in [2.75, 3.05) is 4.31 Å². The normalized spacial score (nSPS) is 12.0. The zero-order valence-electron chi connectivity index (χ0n) is 16.9. The van der Waals surface area contributed by atoms with E-state index in [0.29, 0.717) is 10.7 Å². The molecule has 0 saturated heterocycles. The number of carbonyl (C=O) groups is 1. The van der Waals surface area contributed by atoms with E-state index in [1.807, 2.05) is 32.9 Å². The average molecular weight is 422 g/mol. The molecule has 0 radical (unpaired) electrons. The number of sulfonamides is 1. The van der Waals surface area contributed by atoms with Gasteiger partial charge in [-0.1, -0.05) is 57.8 Å². The molecule has 0 bridgehead atoms. The molecule has 2 aromatic carbocycles. The molecule has 0 aliphatic carbocycles. The summed E-state index contributed by atoms with van der Waals surface area (Å²) in [5.74, 6) is -0.455. The largest absolute Gasteiger partial charge is 0.273 e. The van der Waals surface area contributed by atoms with Crippen LogP contribution in [0.15, 0.2) is 53.4 Å². The standard InChI is InChI=1S/C22H28ClNO3S/c1-5-6-7-17-8-12-19(13-9-17)24(21(25)16-22(2,3)4)28(26,27)20-14-10-18(23)11-15-20/h8-15H,5-7,16H2,1-4H3. The summed E-state index contributed by atoms with van der Waals surface area (Å²) >= 11 is 5.89. The molecule has 28 heavy (non-hydrogen) atoms. The highest BCUT2D eigenvalue weighted by atomic mass is 35.5. The fourth-order valence-corrected chi connectivity index (χ4v) is 4.38. The van der Waals surface area contributed by atoms with Crippen molar-refractivity contribution >= 4 is 33.2 Å². The molecule has 2 rings (SSSR count). The molecular formula is C22H28ClNO3S. The fraction of sp³-hybridized carbons (Fsp3) is 0.409. The van der Waals surface area contributed by atoms with Gasteiger partial charge in [0, 0.05) is 11.4 Å². The summed E-state index contributed by atoms with van der Waals surface area (Å²) in [6.45, 7) is 7.85. The minimum absolute atomic E-state index is 0.0363. The molecule has 0 aliphatic rings. The third-order valence-corrected chi connectivity index (χ3v) is 6.26. The number of carbonyl (C=O) groups excluding carboxylic acids is 1. The highest BCUT2D eigenvalue weighted by Gasteiger charge is 2.33. The van der Waals surface area contributed by atoms with Crippen LogP contribution in [0.3, 0.4) is 0 Å². The minimum atomic E-state index is -4.05. The van der Waals surface area contributed by atoms with Crippen LogP contribution in [-0.2, 0) is 21.2 Å². The van der Waals surface area contributed by atoms with E-state index in [1.165, 1.54) is 24.3 Å². The van der Waals surface area contributed by atoms with Crippen LogP contribution >= 0.6 is 11.6 Å². The Morgan fingerprint density at radius 2 is 1.57 bits per heavy atom. The Morgan fingerprint density at radius 3 is 2.07 bits per heavy atom. The summed E-state index contributed by atoms with van der Waals surface area (Å²) in [7, 11) is -4.05. The molecule has 0 spiro atoms. The molecule has 2 aromatic rings. The maximum absolute atomic E-state index is 13.3. The molecule has 0 N–H and O–H groups in total. The maximum Gasteiger partial charge on any atom is 0.270 e. The van der Waals surface area contributed by atoms with Crippen LogP contribution in [0.2, 0.25) is 5.02 Å². The van der Waals surface area contributed by atoms with Gasteiger partial charge in [0.05, 0.1) is 10.6 Å². The topological polar surface area (TPSA) is 54.5 Å².